The molecule has 226 valence electrons. The molecule has 1 aromatic heterocycles. The summed E-state index contributed by atoms with van der Waals surface area (Å²) in [5.41, 5.74) is -0.313. The molecule has 3 atom stereocenters. The zero-order valence-corrected chi connectivity index (χ0v) is 26.9. The minimum Gasteiger partial charge on any atom is -0.350 e. The zero-order chi connectivity index (χ0) is 29.8. The molecule has 0 saturated carbocycles. The second-order valence-electron chi connectivity index (χ2n) is 11.0. The number of carbonyl (C=O) groups excluding carboxylic acids is 4. The van der Waals surface area contributed by atoms with Crippen molar-refractivity contribution in [1.82, 2.24) is 20.9 Å². The van der Waals surface area contributed by atoms with Crippen molar-refractivity contribution in [3.8, 4) is 0 Å². The van der Waals surface area contributed by atoms with E-state index in [1.807, 2.05) is 31.4 Å². The van der Waals surface area contributed by atoms with E-state index in [0.29, 0.717) is 35.1 Å². The van der Waals surface area contributed by atoms with Crippen LogP contribution in [0.2, 0.25) is 0 Å². The molecule has 0 fully saturated rings. The predicted octanol–water partition coefficient (Wildman–Crippen LogP) is 4.61. The van der Waals surface area contributed by atoms with E-state index >= 15 is 0 Å². The molecule has 12 heteroatoms. The SMILES string of the molecule is CCCCCCCC(=O)SCC/C=C/C1CC(=O)NCc2nc(cs2)C2=N[C@@](C)(CS2)C(=O)N[C@@H](C(C)C)C(=O)N1. The summed E-state index contributed by atoms with van der Waals surface area (Å²) in [4.78, 5) is 61.0. The Morgan fingerprint density at radius 3 is 2.73 bits per heavy atom. The largest absolute Gasteiger partial charge is 0.350 e. The van der Waals surface area contributed by atoms with Crippen molar-refractivity contribution in [3.05, 3.63) is 28.2 Å². The molecule has 3 N–H and O–H groups in total. The van der Waals surface area contributed by atoms with Gasteiger partial charge in [-0.3, -0.25) is 24.2 Å². The van der Waals surface area contributed by atoms with Crippen LogP contribution in [0.4, 0.5) is 0 Å². The number of thiazole rings is 1. The number of fused-ring (bicyclic) bond motifs is 4. The van der Waals surface area contributed by atoms with Crippen molar-refractivity contribution in [2.75, 3.05) is 11.5 Å². The van der Waals surface area contributed by atoms with Gasteiger partial charge in [0.25, 0.3) is 0 Å². The van der Waals surface area contributed by atoms with Crippen LogP contribution in [0.5, 0.6) is 0 Å². The fourth-order valence-corrected chi connectivity index (χ4v) is 7.09. The predicted molar refractivity (Wildman–Crippen MR) is 169 cm³/mol. The van der Waals surface area contributed by atoms with E-state index in [1.165, 1.54) is 54.1 Å². The fourth-order valence-electron chi connectivity index (χ4n) is 4.40. The van der Waals surface area contributed by atoms with E-state index < -0.39 is 17.6 Å². The lowest BCUT2D eigenvalue weighted by atomic mass is 9.99. The van der Waals surface area contributed by atoms with Gasteiger partial charge in [-0.05, 0) is 25.7 Å². The summed E-state index contributed by atoms with van der Waals surface area (Å²) in [6, 6.07) is -1.35. The van der Waals surface area contributed by atoms with Gasteiger partial charge in [-0.25, -0.2) is 4.98 Å². The van der Waals surface area contributed by atoms with Crippen LogP contribution < -0.4 is 16.0 Å². The first-order chi connectivity index (χ1) is 19.6. The number of hydrogen-bond donors (Lipinski definition) is 3. The minimum absolute atomic E-state index is 0.0450. The van der Waals surface area contributed by atoms with Crippen LogP contribution in [-0.2, 0) is 25.7 Å². The monoisotopic (exact) mass is 621 g/mol. The third-order valence-electron chi connectivity index (χ3n) is 6.90. The average molecular weight is 622 g/mol. The molecule has 0 spiro atoms. The Hall–Kier alpha value is -2.18. The molecular formula is C29H43N5O4S3. The van der Waals surface area contributed by atoms with Gasteiger partial charge < -0.3 is 16.0 Å². The Morgan fingerprint density at radius 1 is 1.20 bits per heavy atom. The van der Waals surface area contributed by atoms with Crippen molar-refractivity contribution in [1.29, 1.82) is 0 Å². The summed E-state index contributed by atoms with van der Waals surface area (Å²) in [5, 5.41) is 12.3. The van der Waals surface area contributed by atoms with Crippen LogP contribution in [0.25, 0.3) is 0 Å². The quantitative estimate of drug-likeness (QED) is 0.243. The maximum atomic E-state index is 13.4. The number of amides is 3. The number of aliphatic imine (C=N–C) groups is 1. The number of aromatic nitrogens is 1. The number of hydrogen-bond acceptors (Lipinski definition) is 9. The number of unbranched alkanes of at least 4 members (excludes halogenated alkanes) is 4. The lowest BCUT2D eigenvalue weighted by Gasteiger charge is -2.27. The topological polar surface area (TPSA) is 130 Å². The number of carbonyl (C=O) groups is 4. The van der Waals surface area contributed by atoms with Crippen LogP contribution in [0.3, 0.4) is 0 Å². The van der Waals surface area contributed by atoms with Crippen LogP contribution >= 0.6 is 34.9 Å². The van der Waals surface area contributed by atoms with Gasteiger partial charge in [0.15, 0.2) is 5.12 Å². The van der Waals surface area contributed by atoms with E-state index in [9.17, 15) is 19.2 Å². The number of rotatable bonds is 11. The first-order valence-electron chi connectivity index (χ1n) is 14.5. The van der Waals surface area contributed by atoms with Crippen molar-refractivity contribution < 1.29 is 19.2 Å². The molecule has 4 bridgehead atoms. The fraction of sp³-hybridized carbons (Fsp3) is 0.655. The molecule has 9 nitrogen and oxygen atoms in total. The molecule has 2 aliphatic rings. The average Bonchev–Trinajstić information content (AvgIpc) is 3.56. The van der Waals surface area contributed by atoms with Gasteiger partial charge in [0.05, 0.1) is 19.0 Å². The van der Waals surface area contributed by atoms with E-state index in [0.717, 1.165) is 17.8 Å². The molecular weight excluding hydrogens is 579 g/mol. The van der Waals surface area contributed by atoms with Gasteiger partial charge in [-0.15, -0.1) is 23.1 Å². The summed E-state index contributed by atoms with van der Waals surface area (Å²) in [6.45, 7) is 7.96. The Morgan fingerprint density at radius 2 is 1.98 bits per heavy atom. The van der Waals surface area contributed by atoms with E-state index in [4.69, 9.17) is 0 Å². The lowest BCUT2D eigenvalue weighted by molar-refractivity contribution is -0.132. The van der Waals surface area contributed by atoms with E-state index in [1.54, 1.807) is 6.92 Å². The first kappa shape index (κ1) is 33.3. The summed E-state index contributed by atoms with van der Waals surface area (Å²) in [6.07, 6.45) is 10.6. The lowest BCUT2D eigenvalue weighted by Crippen LogP contribution is -2.56. The summed E-state index contributed by atoms with van der Waals surface area (Å²) < 4.78 is 0. The van der Waals surface area contributed by atoms with Crippen molar-refractivity contribution >= 4 is 62.7 Å². The highest BCUT2D eigenvalue weighted by Crippen LogP contribution is 2.32. The van der Waals surface area contributed by atoms with Gasteiger partial charge in [-0.2, -0.15) is 0 Å². The molecule has 3 heterocycles. The second kappa shape index (κ2) is 16.5. The Labute approximate surface area is 256 Å². The van der Waals surface area contributed by atoms with Gasteiger partial charge in [-0.1, -0.05) is 70.4 Å². The maximum Gasteiger partial charge on any atom is 0.249 e. The standard InChI is InChI=1S/C29H43N5O4S3/c1-5-6-7-8-9-13-24(36)39-14-11-10-12-20-15-22(35)30-16-23-32-21(17-40-23)27-34-29(4,18-41-27)28(38)33-25(19(2)3)26(37)31-20/h10,12,17,19-20,25H,5-9,11,13-16,18H2,1-4H3,(H,30,35)(H,31,37)(H,33,38)/b12-10+/t20?,25-,29-/m0/s1. The molecule has 1 unspecified atom stereocenters. The first-order valence-corrected chi connectivity index (χ1v) is 17.3. The molecule has 3 amide bonds. The van der Waals surface area contributed by atoms with Gasteiger partial charge >= 0.3 is 0 Å². The Kier molecular flexibility index (Phi) is 13.4. The third kappa shape index (κ3) is 10.6. The highest BCUT2D eigenvalue weighted by Gasteiger charge is 2.41. The zero-order valence-electron chi connectivity index (χ0n) is 24.5. The second-order valence-corrected chi connectivity index (χ2v) is 14.1. The molecule has 1 aromatic rings. The summed E-state index contributed by atoms with van der Waals surface area (Å²) in [7, 11) is 0. The van der Waals surface area contributed by atoms with Gasteiger partial charge in [0.1, 0.15) is 27.3 Å². The summed E-state index contributed by atoms with van der Waals surface area (Å²) in [5.74, 6) is 0.0389. The van der Waals surface area contributed by atoms with Crippen LogP contribution in [0.1, 0.15) is 89.8 Å². The number of nitrogens with zero attached hydrogens (tertiary/aromatic N) is 2. The maximum absolute atomic E-state index is 13.4. The van der Waals surface area contributed by atoms with E-state index in [-0.39, 0.29) is 41.7 Å². The molecule has 0 aromatic carbocycles. The summed E-state index contributed by atoms with van der Waals surface area (Å²) >= 11 is 4.23. The van der Waals surface area contributed by atoms with Crippen molar-refractivity contribution in [2.45, 2.75) is 103 Å². The smallest absolute Gasteiger partial charge is 0.249 e. The minimum atomic E-state index is -1.01. The van der Waals surface area contributed by atoms with E-state index in [2.05, 4.69) is 32.9 Å². The normalized spacial score (nSPS) is 23.8. The van der Waals surface area contributed by atoms with Gasteiger partial charge in [0.2, 0.25) is 17.7 Å². The van der Waals surface area contributed by atoms with Crippen LogP contribution in [0, 0.1) is 5.92 Å². The third-order valence-corrected chi connectivity index (χ3v) is 10.00. The molecule has 0 radical (unpaired) electrons. The highest BCUT2D eigenvalue weighted by atomic mass is 32.2. The van der Waals surface area contributed by atoms with Crippen molar-refractivity contribution in [3.63, 3.8) is 0 Å². The molecule has 0 saturated heterocycles. The Bertz CT molecular complexity index is 1140. The van der Waals surface area contributed by atoms with Crippen molar-refractivity contribution in [2.24, 2.45) is 10.9 Å². The number of allylic oxidation sites excluding steroid dienone is 1. The van der Waals surface area contributed by atoms with Crippen LogP contribution in [-0.4, -0.2) is 62.0 Å². The number of thioether (sulfide) groups is 2. The molecule has 2 aliphatic heterocycles. The molecule has 0 aliphatic carbocycles. The molecule has 3 rings (SSSR count). The molecule has 41 heavy (non-hydrogen) atoms. The Balaban J connectivity index is 1.66. The van der Waals surface area contributed by atoms with Crippen LogP contribution in [0.15, 0.2) is 22.5 Å². The highest BCUT2D eigenvalue weighted by molar-refractivity contribution is 8.14. The van der Waals surface area contributed by atoms with Gasteiger partial charge in [0, 0.05) is 23.3 Å². The number of nitrogens with one attached hydrogen (secondary N) is 3.